The minimum absolute atomic E-state index is 0.106. The molecule has 0 aromatic carbocycles. The number of primary amides is 1. The Balaban J connectivity index is 1.76. The van der Waals surface area contributed by atoms with E-state index in [-0.39, 0.29) is 17.7 Å². The second-order valence-electron chi connectivity index (χ2n) is 6.44. The SMILES string of the molecule is Cc1noc(C)c1CSc1ncccc1C(=O)N1CCCC(C(N)=O)C1. The van der Waals surface area contributed by atoms with Crippen molar-refractivity contribution in [2.45, 2.75) is 37.5 Å². The van der Waals surface area contributed by atoms with Crippen LogP contribution in [0.2, 0.25) is 0 Å². The summed E-state index contributed by atoms with van der Waals surface area (Å²) >= 11 is 1.48. The van der Waals surface area contributed by atoms with Crippen molar-refractivity contribution in [2.75, 3.05) is 13.1 Å². The maximum atomic E-state index is 13.0. The molecule has 1 aliphatic rings. The van der Waals surface area contributed by atoms with Crippen molar-refractivity contribution in [1.29, 1.82) is 0 Å². The van der Waals surface area contributed by atoms with Crippen LogP contribution in [0.1, 0.15) is 40.2 Å². The molecule has 1 unspecified atom stereocenters. The highest BCUT2D eigenvalue weighted by atomic mass is 32.2. The average Bonchev–Trinajstić information content (AvgIpc) is 2.97. The lowest BCUT2D eigenvalue weighted by Crippen LogP contribution is -2.44. The van der Waals surface area contributed by atoms with E-state index in [4.69, 9.17) is 10.3 Å². The molecule has 3 rings (SSSR count). The van der Waals surface area contributed by atoms with Crippen LogP contribution in [0.5, 0.6) is 0 Å². The molecule has 26 heavy (non-hydrogen) atoms. The number of likely N-dealkylation sites (tertiary alicyclic amines) is 1. The second kappa shape index (κ2) is 7.90. The van der Waals surface area contributed by atoms with E-state index in [2.05, 4.69) is 10.1 Å². The predicted octanol–water partition coefficient (Wildman–Crippen LogP) is 2.32. The molecule has 0 aliphatic carbocycles. The number of amides is 2. The van der Waals surface area contributed by atoms with Gasteiger partial charge >= 0.3 is 0 Å². The predicted molar refractivity (Wildman–Crippen MR) is 97.6 cm³/mol. The van der Waals surface area contributed by atoms with Crippen molar-refractivity contribution < 1.29 is 14.1 Å². The van der Waals surface area contributed by atoms with E-state index < -0.39 is 0 Å². The Morgan fingerprint density at radius 3 is 2.92 bits per heavy atom. The fourth-order valence-electron chi connectivity index (χ4n) is 3.08. The standard InChI is InChI=1S/C18H22N4O3S/c1-11-15(12(2)25-21-11)10-26-17-14(6-3-7-20-17)18(24)22-8-4-5-13(9-22)16(19)23/h3,6-7,13H,4-5,8-10H2,1-2H3,(H2,19,23). The second-order valence-corrected chi connectivity index (χ2v) is 7.40. The number of carbonyl (C=O) groups excluding carboxylic acids is 2. The average molecular weight is 374 g/mol. The third-order valence-electron chi connectivity index (χ3n) is 4.65. The number of hydrogen-bond acceptors (Lipinski definition) is 6. The first kappa shape index (κ1) is 18.4. The largest absolute Gasteiger partial charge is 0.369 e. The minimum atomic E-state index is -0.346. The van der Waals surface area contributed by atoms with Crippen LogP contribution in [0.3, 0.4) is 0 Å². The number of aromatic nitrogens is 2. The van der Waals surface area contributed by atoms with Gasteiger partial charge < -0.3 is 15.2 Å². The maximum absolute atomic E-state index is 13.0. The van der Waals surface area contributed by atoms with Crippen molar-refractivity contribution in [3.05, 3.63) is 40.9 Å². The Morgan fingerprint density at radius 1 is 1.42 bits per heavy atom. The molecule has 0 spiro atoms. The van der Waals surface area contributed by atoms with Gasteiger partial charge in [0.25, 0.3) is 5.91 Å². The van der Waals surface area contributed by atoms with E-state index in [1.165, 1.54) is 11.8 Å². The van der Waals surface area contributed by atoms with Crippen molar-refractivity contribution in [1.82, 2.24) is 15.0 Å². The van der Waals surface area contributed by atoms with Crippen LogP contribution in [0.4, 0.5) is 0 Å². The van der Waals surface area contributed by atoms with Gasteiger partial charge in [0.1, 0.15) is 10.8 Å². The number of pyridine rings is 1. The zero-order valence-electron chi connectivity index (χ0n) is 14.9. The molecular weight excluding hydrogens is 352 g/mol. The smallest absolute Gasteiger partial charge is 0.256 e. The van der Waals surface area contributed by atoms with Crippen molar-refractivity contribution in [3.63, 3.8) is 0 Å². The summed E-state index contributed by atoms with van der Waals surface area (Å²) in [6, 6.07) is 3.53. The molecule has 2 N–H and O–H groups in total. The van der Waals surface area contributed by atoms with Crippen LogP contribution in [0.25, 0.3) is 0 Å². The first-order chi connectivity index (χ1) is 12.5. The summed E-state index contributed by atoms with van der Waals surface area (Å²) in [7, 11) is 0. The molecule has 2 amide bonds. The number of nitrogens with zero attached hydrogens (tertiary/aromatic N) is 3. The first-order valence-corrected chi connectivity index (χ1v) is 9.54. The molecule has 1 atom stereocenters. The van der Waals surface area contributed by atoms with Gasteiger partial charge in [-0.1, -0.05) is 5.16 Å². The van der Waals surface area contributed by atoms with Gasteiger partial charge in [0.15, 0.2) is 0 Å². The molecule has 2 aromatic rings. The number of piperidine rings is 1. The molecule has 7 nitrogen and oxygen atoms in total. The van der Waals surface area contributed by atoms with Gasteiger partial charge in [-0.3, -0.25) is 9.59 Å². The summed E-state index contributed by atoms with van der Waals surface area (Å²) in [6.07, 6.45) is 3.19. The Morgan fingerprint density at radius 2 is 2.23 bits per heavy atom. The summed E-state index contributed by atoms with van der Waals surface area (Å²) in [5.41, 5.74) is 7.84. The van der Waals surface area contributed by atoms with Gasteiger partial charge in [0.05, 0.1) is 17.2 Å². The molecule has 0 bridgehead atoms. The van der Waals surface area contributed by atoms with Crippen LogP contribution < -0.4 is 5.73 Å². The van der Waals surface area contributed by atoms with Gasteiger partial charge in [0, 0.05) is 30.6 Å². The lowest BCUT2D eigenvalue weighted by atomic mass is 9.97. The molecule has 0 radical (unpaired) electrons. The normalized spacial score (nSPS) is 17.3. The van der Waals surface area contributed by atoms with Gasteiger partial charge in [0.2, 0.25) is 5.91 Å². The number of hydrogen-bond donors (Lipinski definition) is 1. The number of carbonyl (C=O) groups is 2. The van der Waals surface area contributed by atoms with E-state index in [0.717, 1.165) is 29.9 Å². The fourth-order valence-corrected chi connectivity index (χ4v) is 4.22. The molecule has 2 aromatic heterocycles. The molecule has 0 saturated carbocycles. The Kier molecular flexibility index (Phi) is 5.61. The van der Waals surface area contributed by atoms with E-state index in [9.17, 15) is 9.59 Å². The van der Waals surface area contributed by atoms with Gasteiger partial charge in [-0.15, -0.1) is 11.8 Å². The Labute approximate surface area is 156 Å². The molecular formula is C18H22N4O3S. The zero-order chi connectivity index (χ0) is 18.7. The van der Waals surface area contributed by atoms with Crippen LogP contribution in [0.15, 0.2) is 27.9 Å². The fraction of sp³-hybridized carbons (Fsp3) is 0.444. The van der Waals surface area contributed by atoms with Crippen molar-refractivity contribution in [2.24, 2.45) is 11.7 Å². The van der Waals surface area contributed by atoms with Crippen molar-refractivity contribution in [3.8, 4) is 0 Å². The highest BCUT2D eigenvalue weighted by Crippen LogP contribution is 2.28. The summed E-state index contributed by atoms with van der Waals surface area (Å²) in [6.45, 7) is 4.77. The summed E-state index contributed by atoms with van der Waals surface area (Å²) < 4.78 is 5.19. The molecule has 138 valence electrons. The Hall–Kier alpha value is -2.35. The van der Waals surface area contributed by atoms with Crippen LogP contribution >= 0.6 is 11.8 Å². The monoisotopic (exact) mass is 374 g/mol. The first-order valence-electron chi connectivity index (χ1n) is 8.55. The maximum Gasteiger partial charge on any atom is 0.256 e. The van der Waals surface area contributed by atoms with Crippen LogP contribution in [-0.2, 0) is 10.5 Å². The van der Waals surface area contributed by atoms with Gasteiger partial charge in [-0.2, -0.15) is 0 Å². The number of aryl methyl sites for hydroxylation is 2. The lowest BCUT2D eigenvalue weighted by molar-refractivity contribution is -0.123. The van der Waals surface area contributed by atoms with Gasteiger partial charge in [-0.25, -0.2) is 4.98 Å². The Bertz CT molecular complexity index is 801. The summed E-state index contributed by atoms with van der Waals surface area (Å²) in [5.74, 6) is 0.677. The van der Waals surface area contributed by atoms with Crippen molar-refractivity contribution >= 4 is 23.6 Å². The summed E-state index contributed by atoms with van der Waals surface area (Å²) in [5, 5.41) is 4.62. The highest BCUT2D eigenvalue weighted by Gasteiger charge is 2.29. The highest BCUT2D eigenvalue weighted by molar-refractivity contribution is 7.98. The molecule has 3 heterocycles. The third kappa shape index (κ3) is 3.90. The van der Waals surface area contributed by atoms with E-state index in [1.54, 1.807) is 23.2 Å². The lowest BCUT2D eigenvalue weighted by Gasteiger charge is -2.31. The topological polar surface area (TPSA) is 102 Å². The van der Waals surface area contributed by atoms with E-state index >= 15 is 0 Å². The summed E-state index contributed by atoms with van der Waals surface area (Å²) in [4.78, 5) is 30.5. The van der Waals surface area contributed by atoms with E-state index in [0.29, 0.717) is 29.4 Å². The third-order valence-corrected chi connectivity index (χ3v) is 5.68. The zero-order valence-corrected chi connectivity index (χ0v) is 15.7. The molecule has 1 fully saturated rings. The molecule has 1 aliphatic heterocycles. The number of rotatable bonds is 5. The minimum Gasteiger partial charge on any atom is -0.369 e. The van der Waals surface area contributed by atoms with E-state index in [1.807, 2.05) is 13.8 Å². The molecule has 1 saturated heterocycles. The quantitative estimate of drug-likeness (QED) is 0.806. The van der Waals surface area contributed by atoms with Gasteiger partial charge in [-0.05, 0) is 38.8 Å². The number of thioether (sulfide) groups is 1. The molecule has 8 heteroatoms. The van der Waals surface area contributed by atoms with Crippen LogP contribution in [-0.4, -0.2) is 39.9 Å². The number of nitrogens with two attached hydrogens (primary N) is 1. The van der Waals surface area contributed by atoms with Crippen LogP contribution in [0, 0.1) is 19.8 Å².